The SMILES string of the molecule is N#CCc1cc(-c2ccccn2)nn1CCF. The van der Waals surface area contributed by atoms with Gasteiger partial charge in [-0.2, -0.15) is 10.4 Å². The number of nitrogens with zero attached hydrogens (tertiary/aromatic N) is 4. The first-order valence-electron chi connectivity index (χ1n) is 5.26. The first-order valence-corrected chi connectivity index (χ1v) is 5.26. The molecule has 2 rings (SSSR count). The molecule has 0 aliphatic heterocycles. The van der Waals surface area contributed by atoms with Gasteiger partial charge < -0.3 is 0 Å². The van der Waals surface area contributed by atoms with Gasteiger partial charge in [-0.15, -0.1) is 0 Å². The molecule has 5 heteroatoms. The number of halogens is 1. The zero-order chi connectivity index (χ0) is 12.1. The standard InChI is InChI=1S/C12H11FN4/c13-5-8-17-10(4-6-14)9-12(16-17)11-3-1-2-7-15-11/h1-3,7,9H,4-5,8H2. The molecule has 0 bridgehead atoms. The molecular weight excluding hydrogens is 219 g/mol. The van der Waals surface area contributed by atoms with E-state index < -0.39 is 6.67 Å². The van der Waals surface area contributed by atoms with Gasteiger partial charge in [-0.05, 0) is 18.2 Å². The maximum Gasteiger partial charge on any atom is 0.111 e. The van der Waals surface area contributed by atoms with Gasteiger partial charge in [0.15, 0.2) is 0 Å². The van der Waals surface area contributed by atoms with Gasteiger partial charge >= 0.3 is 0 Å². The van der Waals surface area contributed by atoms with Crippen molar-refractivity contribution in [3.8, 4) is 17.5 Å². The molecule has 17 heavy (non-hydrogen) atoms. The van der Waals surface area contributed by atoms with E-state index in [1.807, 2.05) is 24.3 Å². The highest BCUT2D eigenvalue weighted by atomic mass is 19.1. The largest absolute Gasteiger partial charge is 0.265 e. The lowest BCUT2D eigenvalue weighted by molar-refractivity contribution is 0.422. The summed E-state index contributed by atoms with van der Waals surface area (Å²) in [5.41, 5.74) is 2.11. The van der Waals surface area contributed by atoms with Gasteiger partial charge in [0.25, 0.3) is 0 Å². The molecule has 0 atom stereocenters. The maximum atomic E-state index is 12.4. The number of hydrogen-bond acceptors (Lipinski definition) is 3. The Kier molecular flexibility index (Phi) is 3.46. The highest BCUT2D eigenvalue weighted by molar-refractivity contribution is 5.54. The number of aromatic nitrogens is 3. The van der Waals surface area contributed by atoms with Gasteiger partial charge in [0.1, 0.15) is 12.4 Å². The summed E-state index contributed by atoms with van der Waals surface area (Å²) in [4.78, 5) is 4.17. The lowest BCUT2D eigenvalue weighted by atomic mass is 10.2. The number of nitriles is 1. The minimum Gasteiger partial charge on any atom is -0.265 e. The predicted molar refractivity (Wildman–Crippen MR) is 60.8 cm³/mol. The highest BCUT2D eigenvalue weighted by Gasteiger charge is 2.09. The Morgan fingerprint density at radius 2 is 2.24 bits per heavy atom. The van der Waals surface area contributed by atoms with Gasteiger partial charge in [0, 0.05) is 6.20 Å². The molecule has 0 saturated carbocycles. The van der Waals surface area contributed by atoms with Crippen molar-refractivity contribution >= 4 is 0 Å². The number of pyridine rings is 1. The average Bonchev–Trinajstić information content (AvgIpc) is 2.75. The first kappa shape index (κ1) is 11.3. The summed E-state index contributed by atoms with van der Waals surface area (Å²) in [6, 6.07) is 9.33. The predicted octanol–water partition coefficient (Wildman–Crippen LogP) is 1.98. The van der Waals surface area contributed by atoms with Crippen molar-refractivity contribution in [1.82, 2.24) is 14.8 Å². The summed E-state index contributed by atoms with van der Waals surface area (Å²) < 4.78 is 13.9. The van der Waals surface area contributed by atoms with E-state index in [2.05, 4.69) is 10.1 Å². The second-order valence-corrected chi connectivity index (χ2v) is 3.48. The lowest BCUT2D eigenvalue weighted by Crippen LogP contribution is -2.06. The summed E-state index contributed by atoms with van der Waals surface area (Å²) in [5.74, 6) is 0. The van der Waals surface area contributed by atoms with Crippen molar-refractivity contribution in [3.63, 3.8) is 0 Å². The van der Waals surface area contributed by atoms with Crippen LogP contribution in [0, 0.1) is 11.3 Å². The first-order chi connectivity index (χ1) is 8.35. The van der Waals surface area contributed by atoms with Crippen LogP contribution in [-0.2, 0) is 13.0 Å². The van der Waals surface area contributed by atoms with Gasteiger partial charge in [-0.25, -0.2) is 4.39 Å². The topological polar surface area (TPSA) is 54.5 Å². The highest BCUT2D eigenvalue weighted by Crippen LogP contribution is 2.16. The van der Waals surface area contributed by atoms with E-state index in [0.717, 1.165) is 5.69 Å². The molecule has 86 valence electrons. The third-order valence-corrected chi connectivity index (χ3v) is 2.35. The van der Waals surface area contributed by atoms with Crippen molar-refractivity contribution < 1.29 is 4.39 Å². The Bertz CT molecular complexity index is 527. The lowest BCUT2D eigenvalue weighted by Gasteiger charge is -1.99. The number of alkyl halides is 1. The van der Waals surface area contributed by atoms with Gasteiger partial charge in [0.05, 0.1) is 30.4 Å². The van der Waals surface area contributed by atoms with Crippen molar-refractivity contribution in [2.24, 2.45) is 0 Å². The molecule has 2 aromatic heterocycles. The van der Waals surface area contributed by atoms with Crippen LogP contribution in [0.3, 0.4) is 0 Å². The van der Waals surface area contributed by atoms with Crippen LogP contribution in [-0.4, -0.2) is 21.4 Å². The molecule has 0 N–H and O–H groups in total. The van der Waals surface area contributed by atoms with E-state index >= 15 is 0 Å². The van der Waals surface area contributed by atoms with Crippen LogP contribution in [0.5, 0.6) is 0 Å². The van der Waals surface area contributed by atoms with Crippen molar-refractivity contribution in [2.45, 2.75) is 13.0 Å². The fraction of sp³-hybridized carbons (Fsp3) is 0.250. The zero-order valence-electron chi connectivity index (χ0n) is 9.17. The van der Waals surface area contributed by atoms with E-state index in [1.165, 1.54) is 4.68 Å². The molecule has 0 aromatic carbocycles. The molecule has 0 radical (unpaired) electrons. The van der Waals surface area contributed by atoms with Crippen LogP contribution >= 0.6 is 0 Å². The quantitative estimate of drug-likeness (QED) is 0.807. The second kappa shape index (κ2) is 5.21. The molecule has 0 unspecified atom stereocenters. The smallest absolute Gasteiger partial charge is 0.111 e. The molecule has 0 saturated heterocycles. The Balaban J connectivity index is 2.37. The van der Waals surface area contributed by atoms with Gasteiger partial charge in [-0.1, -0.05) is 6.07 Å². The minimum atomic E-state index is -0.498. The molecule has 4 nitrogen and oxygen atoms in total. The summed E-state index contributed by atoms with van der Waals surface area (Å²) in [6.45, 7) is -0.328. The van der Waals surface area contributed by atoms with Crippen LogP contribution in [0.15, 0.2) is 30.5 Å². The maximum absolute atomic E-state index is 12.4. The molecular formula is C12H11FN4. The van der Waals surface area contributed by atoms with Crippen molar-refractivity contribution in [2.75, 3.05) is 6.67 Å². The summed E-state index contributed by atoms with van der Waals surface area (Å²) in [5, 5.41) is 12.9. The number of hydrogen-bond donors (Lipinski definition) is 0. The van der Waals surface area contributed by atoms with Crippen LogP contribution in [0.2, 0.25) is 0 Å². The van der Waals surface area contributed by atoms with Crippen LogP contribution in [0.4, 0.5) is 4.39 Å². The third kappa shape index (κ3) is 2.48. The fourth-order valence-electron chi connectivity index (χ4n) is 1.59. The average molecular weight is 230 g/mol. The van der Waals surface area contributed by atoms with E-state index in [0.29, 0.717) is 11.4 Å². The van der Waals surface area contributed by atoms with Crippen LogP contribution in [0.25, 0.3) is 11.4 Å². The van der Waals surface area contributed by atoms with Crippen molar-refractivity contribution in [1.29, 1.82) is 5.26 Å². The Morgan fingerprint density at radius 3 is 2.88 bits per heavy atom. The molecule has 0 aliphatic rings. The van der Waals surface area contributed by atoms with E-state index in [9.17, 15) is 4.39 Å². The van der Waals surface area contributed by atoms with E-state index in [-0.39, 0.29) is 13.0 Å². The molecule has 2 aromatic rings. The molecule has 0 fully saturated rings. The Labute approximate surface area is 98.3 Å². The molecule has 0 aliphatic carbocycles. The monoisotopic (exact) mass is 230 g/mol. The van der Waals surface area contributed by atoms with Gasteiger partial charge in [-0.3, -0.25) is 9.67 Å². The van der Waals surface area contributed by atoms with Crippen LogP contribution in [0.1, 0.15) is 5.69 Å². The van der Waals surface area contributed by atoms with Crippen LogP contribution < -0.4 is 0 Å². The summed E-state index contributed by atoms with van der Waals surface area (Å²) >= 11 is 0. The van der Waals surface area contributed by atoms with E-state index in [1.54, 1.807) is 12.3 Å². The summed E-state index contributed by atoms with van der Waals surface area (Å²) in [7, 11) is 0. The molecule has 2 heterocycles. The fourth-order valence-corrected chi connectivity index (χ4v) is 1.59. The second-order valence-electron chi connectivity index (χ2n) is 3.48. The number of aryl methyl sites for hydroxylation is 1. The third-order valence-electron chi connectivity index (χ3n) is 2.35. The Hall–Kier alpha value is -2.22. The van der Waals surface area contributed by atoms with Crippen molar-refractivity contribution in [3.05, 3.63) is 36.2 Å². The zero-order valence-corrected chi connectivity index (χ0v) is 9.17. The molecule has 0 spiro atoms. The summed E-state index contributed by atoms with van der Waals surface area (Å²) in [6.07, 6.45) is 1.90. The normalized spacial score (nSPS) is 10.1. The minimum absolute atomic E-state index is 0.170. The molecule has 0 amide bonds. The number of rotatable bonds is 4. The van der Waals surface area contributed by atoms with E-state index in [4.69, 9.17) is 5.26 Å². The van der Waals surface area contributed by atoms with Gasteiger partial charge in [0.2, 0.25) is 0 Å². The Morgan fingerprint density at radius 1 is 1.35 bits per heavy atom.